The number of rotatable bonds is 19. The number of benzene rings is 2. The SMILES string of the molecule is CCCCC(CC)COc1cc(N2CCc3cc(SOON(CCCC)CCCC)ccc32)ccc1N=[NH2+]. The molecule has 0 fully saturated rings. The van der Waals surface area contributed by atoms with Crippen molar-refractivity contribution in [1.29, 1.82) is 0 Å². The van der Waals surface area contributed by atoms with Gasteiger partial charge >= 0.3 is 0 Å². The minimum Gasteiger partial charge on any atom is -0.491 e. The second kappa shape index (κ2) is 16.7. The number of fused-ring (bicyclic) bond motifs is 1. The zero-order valence-corrected chi connectivity index (χ0v) is 24.6. The number of nitrogens with zero attached hydrogens (tertiary/aromatic N) is 3. The summed E-state index contributed by atoms with van der Waals surface area (Å²) in [6.07, 6.45) is 10.2. The number of hydrogen-bond acceptors (Lipinski definition) is 7. The third-order valence-corrected chi connectivity index (χ3v) is 7.72. The summed E-state index contributed by atoms with van der Waals surface area (Å²) in [5, 5.41) is 5.89. The van der Waals surface area contributed by atoms with E-state index in [1.807, 2.05) is 11.1 Å². The topological polar surface area (TPSA) is 72.1 Å². The van der Waals surface area contributed by atoms with Gasteiger partial charge in [0.15, 0.2) is 11.4 Å². The second-order valence-corrected chi connectivity index (χ2v) is 10.8. The molecule has 0 aromatic heterocycles. The molecule has 1 aliphatic heterocycles. The molecule has 38 heavy (non-hydrogen) atoms. The van der Waals surface area contributed by atoms with Gasteiger partial charge in [-0.1, -0.05) is 59.8 Å². The molecule has 0 saturated carbocycles. The summed E-state index contributed by atoms with van der Waals surface area (Å²) in [4.78, 5) is 8.99. The molecular weight excluding hydrogens is 496 g/mol. The summed E-state index contributed by atoms with van der Waals surface area (Å²) in [5.41, 5.74) is 9.97. The van der Waals surface area contributed by atoms with Crippen LogP contribution in [0, 0.1) is 5.92 Å². The van der Waals surface area contributed by atoms with Crippen molar-refractivity contribution < 1.29 is 19.6 Å². The predicted molar refractivity (Wildman–Crippen MR) is 156 cm³/mol. The van der Waals surface area contributed by atoms with Crippen LogP contribution in [-0.2, 0) is 15.7 Å². The van der Waals surface area contributed by atoms with Crippen LogP contribution in [0.5, 0.6) is 5.75 Å². The van der Waals surface area contributed by atoms with Crippen molar-refractivity contribution in [1.82, 2.24) is 5.06 Å². The maximum atomic E-state index is 6.26. The Morgan fingerprint density at radius 2 is 1.76 bits per heavy atom. The first-order valence-corrected chi connectivity index (χ1v) is 15.2. The lowest BCUT2D eigenvalue weighted by atomic mass is 10.0. The number of unbranched alkanes of at least 4 members (excludes halogenated alkanes) is 3. The molecule has 7 nitrogen and oxygen atoms in total. The van der Waals surface area contributed by atoms with Crippen LogP contribution in [0.25, 0.3) is 0 Å². The van der Waals surface area contributed by atoms with Crippen molar-refractivity contribution in [3.63, 3.8) is 0 Å². The Hall–Kier alpha value is -2.13. The van der Waals surface area contributed by atoms with Crippen LogP contribution in [0.1, 0.15) is 84.6 Å². The first-order valence-electron chi connectivity index (χ1n) is 14.5. The smallest absolute Gasteiger partial charge is 0.171 e. The molecule has 0 aliphatic carbocycles. The van der Waals surface area contributed by atoms with Crippen LogP contribution >= 0.6 is 12.0 Å². The van der Waals surface area contributed by atoms with Gasteiger partial charge in [-0.2, -0.15) is 10.6 Å². The van der Waals surface area contributed by atoms with E-state index in [1.165, 1.54) is 42.6 Å². The van der Waals surface area contributed by atoms with Crippen molar-refractivity contribution >= 4 is 29.1 Å². The normalized spacial score (nSPS) is 13.7. The van der Waals surface area contributed by atoms with Gasteiger partial charge in [-0.3, -0.25) is 0 Å². The molecule has 2 aromatic rings. The number of hydroxylamine groups is 2. The molecule has 0 radical (unpaired) electrons. The molecule has 0 bridgehead atoms. The molecular formula is C30H47N4O3S+. The van der Waals surface area contributed by atoms with Crippen LogP contribution in [0.2, 0.25) is 0 Å². The van der Waals surface area contributed by atoms with Crippen LogP contribution < -0.4 is 15.2 Å². The molecule has 2 N–H and O–H groups in total. The van der Waals surface area contributed by atoms with E-state index in [4.69, 9.17) is 19.6 Å². The van der Waals surface area contributed by atoms with E-state index < -0.39 is 0 Å². The maximum absolute atomic E-state index is 6.26. The van der Waals surface area contributed by atoms with Crippen LogP contribution in [-0.4, -0.2) is 31.3 Å². The van der Waals surface area contributed by atoms with Crippen LogP contribution in [0.15, 0.2) is 46.4 Å². The lowest BCUT2D eigenvalue weighted by Crippen LogP contribution is -2.25. The predicted octanol–water partition coefficient (Wildman–Crippen LogP) is 7.59. The molecule has 1 aliphatic rings. The number of anilines is 2. The van der Waals surface area contributed by atoms with Gasteiger partial charge in [0.25, 0.3) is 0 Å². The van der Waals surface area contributed by atoms with E-state index in [-0.39, 0.29) is 0 Å². The van der Waals surface area contributed by atoms with Crippen molar-refractivity contribution in [2.45, 2.75) is 90.4 Å². The van der Waals surface area contributed by atoms with E-state index in [1.54, 1.807) is 0 Å². The van der Waals surface area contributed by atoms with Gasteiger partial charge in [0, 0.05) is 42.0 Å². The monoisotopic (exact) mass is 543 g/mol. The van der Waals surface area contributed by atoms with Crippen LogP contribution in [0.4, 0.5) is 17.1 Å². The average Bonchev–Trinajstić information content (AvgIpc) is 3.37. The van der Waals surface area contributed by atoms with E-state index in [0.717, 1.165) is 74.5 Å². The molecule has 8 heteroatoms. The number of nitrogens with two attached hydrogens (primary N) is 1. The Morgan fingerprint density at radius 1 is 1.00 bits per heavy atom. The molecule has 1 heterocycles. The van der Waals surface area contributed by atoms with Gasteiger partial charge in [0.2, 0.25) is 0 Å². The van der Waals surface area contributed by atoms with Crippen molar-refractivity contribution in [2.24, 2.45) is 11.0 Å². The molecule has 2 aromatic carbocycles. The first kappa shape index (κ1) is 30.4. The lowest BCUT2D eigenvalue weighted by Gasteiger charge is -2.22. The molecule has 210 valence electrons. The second-order valence-electron chi connectivity index (χ2n) is 10.1. The highest BCUT2D eigenvalue weighted by Crippen LogP contribution is 2.40. The summed E-state index contributed by atoms with van der Waals surface area (Å²) in [5.74, 6) is 1.30. The van der Waals surface area contributed by atoms with Crippen molar-refractivity contribution in [3.05, 3.63) is 42.0 Å². The van der Waals surface area contributed by atoms with Gasteiger partial charge in [0.1, 0.15) is 0 Å². The highest BCUT2D eigenvalue weighted by Gasteiger charge is 2.23. The molecule has 0 saturated heterocycles. The Morgan fingerprint density at radius 3 is 2.45 bits per heavy atom. The zero-order valence-electron chi connectivity index (χ0n) is 23.8. The summed E-state index contributed by atoms with van der Waals surface area (Å²) < 4.78 is 11.8. The Labute approximate surface area is 233 Å². The van der Waals surface area contributed by atoms with E-state index in [9.17, 15) is 0 Å². The van der Waals surface area contributed by atoms with Gasteiger partial charge < -0.3 is 9.64 Å². The van der Waals surface area contributed by atoms with E-state index in [0.29, 0.717) is 18.2 Å². The standard InChI is InChI=1S/C30H46N4O3S/c1-5-9-12-24(8-4)23-35-30-22-26(13-15-28(30)32-31)34-20-17-25-21-27(14-16-29(25)34)38-37-36-33(18-10-6-2)19-11-7-3/h13-16,21-22,24,31H,5-12,17-20,23H2,1-4H3/p+1. The number of ether oxygens (including phenoxy) is 1. The van der Waals surface area contributed by atoms with Gasteiger partial charge in [-0.25, -0.2) is 0 Å². The maximum Gasteiger partial charge on any atom is 0.171 e. The van der Waals surface area contributed by atoms with E-state index in [2.05, 4.69) is 68.0 Å². The molecule has 1 unspecified atom stereocenters. The largest absolute Gasteiger partial charge is 0.491 e. The fraction of sp³-hybridized carbons (Fsp3) is 0.600. The first-order chi connectivity index (χ1) is 18.6. The summed E-state index contributed by atoms with van der Waals surface area (Å²) >= 11 is 1.27. The zero-order chi connectivity index (χ0) is 27.2. The molecule has 3 rings (SSSR count). The van der Waals surface area contributed by atoms with Crippen molar-refractivity contribution in [2.75, 3.05) is 31.1 Å². The lowest BCUT2D eigenvalue weighted by molar-refractivity contribution is -0.360. The third-order valence-electron chi connectivity index (χ3n) is 7.15. The fourth-order valence-electron chi connectivity index (χ4n) is 4.65. The highest BCUT2D eigenvalue weighted by atomic mass is 32.2. The Balaban J connectivity index is 1.63. The highest BCUT2D eigenvalue weighted by molar-refractivity contribution is 7.94. The molecule has 0 amide bonds. The van der Waals surface area contributed by atoms with E-state index >= 15 is 0 Å². The molecule has 1 atom stereocenters. The minimum absolute atomic E-state index is 0.546. The summed E-state index contributed by atoms with van der Waals surface area (Å²) in [7, 11) is 0. The van der Waals surface area contributed by atoms with Gasteiger partial charge in [-0.15, -0.1) is 9.32 Å². The Kier molecular flexibility index (Phi) is 13.4. The van der Waals surface area contributed by atoms with Crippen LogP contribution in [0.3, 0.4) is 0 Å². The Bertz CT molecular complexity index is 982. The van der Waals surface area contributed by atoms with Crippen molar-refractivity contribution in [3.8, 4) is 5.75 Å². The third kappa shape index (κ3) is 8.97. The summed E-state index contributed by atoms with van der Waals surface area (Å²) in [6.45, 7) is 12.2. The molecule has 0 spiro atoms. The summed E-state index contributed by atoms with van der Waals surface area (Å²) in [6, 6.07) is 12.6. The minimum atomic E-state index is 0.546. The van der Waals surface area contributed by atoms with Gasteiger partial charge in [-0.05, 0) is 72.6 Å². The average molecular weight is 544 g/mol. The quantitative estimate of drug-likeness (QED) is 0.0852. The number of hydrogen-bond donors (Lipinski definition) is 1. The fourth-order valence-corrected chi connectivity index (χ4v) is 5.16. The van der Waals surface area contributed by atoms with Gasteiger partial charge in [0.05, 0.1) is 18.6 Å².